The van der Waals surface area contributed by atoms with Crippen LogP contribution >= 0.6 is 0 Å². The molecule has 0 fully saturated rings. The normalized spacial score (nSPS) is 9.67. The van der Waals surface area contributed by atoms with E-state index < -0.39 is 0 Å². The summed E-state index contributed by atoms with van der Waals surface area (Å²) in [6.45, 7) is 1.20. The maximum Gasteiger partial charge on any atom is 0.0929 e. The first-order valence-electron chi connectivity index (χ1n) is 5.14. The lowest BCUT2D eigenvalue weighted by molar-refractivity contribution is 0.273. The lowest BCUT2D eigenvalue weighted by Gasteiger charge is -2.08. The number of benzene rings is 1. The Hall–Kier alpha value is -0.900. The summed E-state index contributed by atoms with van der Waals surface area (Å²) < 4.78 is 0. The predicted molar refractivity (Wildman–Crippen MR) is 64.8 cm³/mol. The van der Waals surface area contributed by atoms with Crippen LogP contribution in [0.1, 0.15) is 5.56 Å². The maximum atomic E-state index is 7.76. The molecule has 1 aromatic rings. The maximum absolute atomic E-state index is 7.76. The monoisotopic (exact) mass is 210 g/mol. The first-order valence-corrected chi connectivity index (χ1v) is 5.14. The highest BCUT2D eigenvalue weighted by Gasteiger charge is 1.91. The summed E-state index contributed by atoms with van der Waals surface area (Å²) in [7, 11) is 5.88. The first-order chi connectivity index (χ1) is 7.20. The molecule has 1 aromatic carbocycles. The largest absolute Gasteiger partial charge is 0.381 e. The summed E-state index contributed by atoms with van der Waals surface area (Å²) in [5.74, 6) is 0. The predicted octanol–water partition coefficient (Wildman–Crippen LogP) is 0.946. The van der Waals surface area contributed by atoms with Crippen molar-refractivity contribution in [3.05, 3.63) is 35.9 Å². The fraction of sp³-hybridized carbons (Fsp3) is 0.500. The zero-order chi connectivity index (χ0) is 11.5. The summed E-state index contributed by atoms with van der Waals surface area (Å²) in [5.41, 5.74) is 1.42. The molecule has 15 heavy (non-hydrogen) atoms. The Balaban J connectivity index is 0.000000423. The van der Waals surface area contributed by atoms with E-state index in [9.17, 15) is 0 Å². The molecule has 0 aromatic heterocycles. The Labute approximate surface area is 92.7 Å². The van der Waals surface area contributed by atoms with Gasteiger partial charge < -0.3 is 10.0 Å². The fourth-order valence-corrected chi connectivity index (χ4v) is 0.997. The van der Waals surface area contributed by atoms with Crippen LogP contribution in [0, 0.1) is 0 Å². The molecule has 0 unspecified atom stereocenters. The molecule has 0 aliphatic heterocycles. The molecule has 0 saturated heterocycles. The molecular weight excluding hydrogens is 188 g/mol. The van der Waals surface area contributed by atoms with Crippen LogP contribution in [0.3, 0.4) is 0 Å². The minimum absolute atomic E-state index is 0.0694. The van der Waals surface area contributed by atoms with E-state index in [0.717, 1.165) is 13.0 Å². The molecule has 0 amide bonds. The third kappa shape index (κ3) is 9.41. The highest BCUT2D eigenvalue weighted by molar-refractivity contribution is 5.14. The molecule has 0 bridgehead atoms. The molecule has 0 radical (unpaired) electrons. The van der Waals surface area contributed by atoms with Crippen LogP contribution in [0.4, 0.5) is 0 Å². The van der Waals surface area contributed by atoms with E-state index in [1.165, 1.54) is 5.56 Å². The summed E-state index contributed by atoms with van der Waals surface area (Å²) in [5, 5.41) is 10.2. The van der Waals surface area contributed by atoms with Crippen molar-refractivity contribution >= 4 is 0 Å². The molecule has 3 heteroatoms. The van der Waals surface area contributed by atoms with Gasteiger partial charge in [-0.05, 0) is 33.1 Å². The zero-order valence-corrected chi connectivity index (χ0v) is 9.90. The van der Waals surface area contributed by atoms with Crippen LogP contribution in [-0.2, 0) is 6.42 Å². The van der Waals surface area contributed by atoms with Gasteiger partial charge in [-0.3, -0.25) is 5.32 Å². The van der Waals surface area contributed by atoms with Crippen molar-refractivity contribution < 1.29 is 5.11 Å². The quantitative estimate of drug-likeness (QED) is 0.726. The Morgan fingerprint density at radius 3 is 2.13 bits per heavy atom. The minimum Gasteiger partial charge on any atom is -0.381 e. The van der Waals surface area contributed by atoms with E-state index in [0.29, 0.717) is 0 Å². The van der Waals surface area contributed by atoms with Crippen LogP contribution in [-0.4, -0.2) is 44.4 Å². The van der Waals surface area contributed by atoms with E-state index in [-0.39, 0.29) is 6.73 Å². The fourth-order valence-electron chi connectivity index (χ4n) is 0.997. The Kier molecular flexibility index (Phi) is 9.07. The summed E-state index contributed by atoms with van der Waals surface area (Å²) in [6, 6.07) is 10.6. The average molecular weight is 210 g/mol. The third-order valence-electron chi connectivity index (χ3n) is 1.85. The number of nitrogens with one attached hydrogen (secondary N) is 1. The van der Waals surface area contributed by atoms with Gasteiger partial charge in [0.2, 0.25) is 0 Å². The Morgan fingerprint density at radius 1 is 1.20 bits per heavy atom. The van der Waals surface area contributed by atoms with Gasteiger partial charge >= 0.3 is 0 Å². The molecule has 0 atom stereocenters. The standard InChI is InChI=1S/C10H15N.C2H7NO/c1-11(2)9-8-10-6-4-3-5-7-10;1-3-2-4/h3-7H,8-9H2,1-2H3;3-4H,2H2,1H3. The Bertz CT molecular complexity index is 222. The van der Waals surface area contributed by atoms with Crippen molar-refractivity contribution in [1.82, 2.24) is 10.2 Å². The molecule has 86 valence electrons. The van der Waals surface area contributed by atoms with Crippen molar-refractivity contribution in [2.24, 2.45) is 0 Å². The van der Waals surface area contributed by atoms with E-state index in [1.807, 2.05) is 0 Å². The molecule has 2 N–H and O–H groups in total. The second-order valence-corrected chi connectivity index (χ2v) is 3.55. The molecule has 0 aliphatic rings. The number of hydrogen-bond donors (Lipinski definition) is 2. The molecule has 0 spiro atoms. The lowest BCUT2D eigenvalue weighted by Crippen LogP contribution is -2.14. The van der Waals surface area contributed by atoms with Gasteiger partial charge in [0.1, 0.15) is 0 Å². The first kappa shape index (κ1) is 14.1. The number of rotatable bonds is 4. The number of aliphatic hydroxyl groups is 1. The second kappa shape index (κ2) is 9.65. The minimum atomic E-state index is 0.0694. The molecular formula is C12H22N2O. The average Bonchev–Trinajstić information content (AvgIpc) is 2.28. The molecule has 0 heterocycles. The van der Waals surface area contributed by atoms with Gasteiger partial charge in [-0.25, -0.2) is 0 Å². The van der Waals surface area contributed by atoms with Crippen LogP contribution in [0.5, 0.6) is 0 Å². The van der Waals surface area contributed by atoms with E-state index in [2.05, 4.69) is 54.6 Å². The van der Waals surface area contributed by atoms with Gasteiger partial charge in [-0.1, -0.05) is 30.3 Å². The SMILES string of the molecule is CN(C)CCc1ccccc1.CNCO. The van der Waals surface area contributed by atoms with Crippen LogP contribution in [0.2, 0.25) is 0 Å². The van der Waals surface area contributed by atoms with Crippen molar-refractivity contribution in [1.29, 1.82) is 0 Å². The van der Waals surface area contributed by atoms with E-state index in [4.69, 9.17) is 5.11 Å². The number of aliphatic hydroxyl groups excluding tert-OH is 1. The highest BCUT2D eigenvalue weighted by atomic mass is 16.3. The summed E-state index contributed by atoms with van der Waals surface area (Å²) in [4.78, 5) is 2.20. The zero-order valence-electron chi connectivity index (χ0n) is 9.90. The molecule has 3 nitrogen and oxygen atoms in total. The van der Waals surface area contributed by atoms with Gasteiger partial charge in [0.05, 0.1) is 6.73 Å². The summed E-state index contributed by atoms with van der Waals surface area (Å²) in [6.07, 6.45) is 1.15. The van der Waals surface area contributed by atoms with Crippen LogP contribution in [0.25, 0.3) is 0 Å². The molecule has 0 saturated carbocycles. The van der Waals surface area contributed by atoms with Gasteiger partial charge in [-0.2, -0.15) is 0 Å². The molecule has 0 aliphatic carbocycles. The molecule has 1 rings (SSSR count). The number of hydrogen-bond acceptors (Lipinski definition) is 3. The van der Waals surface area contributed by atoms with Gasteiger partial charge in [0, 0.05) is 6.54 Å². The smallest absolute Gasteiger partial charge is 0.0929 e. The van der Waals surface area contributed by atoms with Crippen molar-refractivity contribution in [3.63, 3.8) is 0 Å². The highest BCUT2D eigenvalue weighted by Crippen LogP contribution is 1.99. The number of likely N-dealkylation sites (N-methyl/N-ethyl adjacent to an activating group) is 1. The van der Waals surface area contributed by atoms with Gasteiger partial charge in [0.25, 0.3) is 0 Å². The van der Waals surface area contributed by atoms with Crippen molar-refractivity contribution in [2.45, 2.75) is 6.42 Å². The van der Waals surface area contributed by atoms with Crippen molar-refractivity contribution in [3.8, 4) is 0 Å². The van der Waals surface area contributed by atoms with Crippen LogP contribution in [0.15, 0.2) is 30.3 Å². The lowest BCUT2D eigenvalue weighted by atomic mass is 10.1. The van der Waals surface area contributed by atoms with E-state index in [1.54, 1.807) is 7.05 Å². The second-order valence-electron chi connectivity index (χ2n) is 3.55. The Morgan fingerprint density at radius 2 is 1.73 bits per heavy atom. The number of nitrogens with zero attached hydrogens (tertiary/aromatic N) is 1. The topological polar surface area (TPSA) is 35.5 Å². The van der Waals surface area contributed by atoms with Gasteiger partial charge in [0.15, 0.2) is 0 Å². The van der Waals surface area contributed by atoms with Gasteiger partial charge in [-0.15, -0.1) is 0 Å². The van der Waals surface area contributed by atoms with Crippen molar-refractivity contribution in [2.75, 3.05) is 34.4 Å². The third-order valence-corrected chi connectivity index (χ3v) is 1.85. The van der Waals surface area contributed by atoms with Crippen LogP contribution < -0.4 is 5.32 Å². The summed E-state index contributed by atoms with van der Waals surface area (Å²) >= 11 is 0. The van der Waals surface area contributed by atoms with E-state index >= 15 is 0 Å².